The normalized spacial score (nSPS) is 27.6. The molecule has 2 fully saturated rings. The molecular formula is C19H27N3. The highest BCUT2D eigenvalue weighted by Gasteiger charge is 2.35. The monoisotopic (exact) mass is 297 g/mol. The molecule has 2 aliphatic heterocycles. The quantitative estimate of drug-likeness (QED) is 0.835. The number of piperidine rings is 2. The molecule has 118 valence electrons. The SMILES string of the molecule is Cc1cccc(N2CCC(N3CCCC(C)(C#N)C3)CC2)c1. The van der Waals surface area contributed by atoms with Gasteiger partial charge in [-0.1, -0.05) is 12.1 Å². The Balaban J connectivity index is 1.59. The zero-order chi connectivity index (χ0) is 15.6. The number of nitriles is 1. The van der Waals surface area contributed by atoms with Crippen LogP contribution in [0.5, 0.6) is 0 Å². The Morgan fingerprint density at radius 2 is 2.00 bits per heavy atom. The van der Waals surface area contributed by atoms with Crippen molar-refractivity contribution in [1.29, 1.82) is 5.26 Å². The molecule has 0 aromatic heterocycles. The lowest BCUT2D eigenvalue weighted by molar-refractivity contribution is 0.0852. The molecule has 0 aliphatic carbocycles. The third-order valence-electron chi connectivity index (χ3n) is 5.34. The van der Waals surface area contributed by atoms with Crippen LogP contribution in [0, 0.1) is 23.7 Å². The Hall–Kier alpha value is -1.53. The molecule has 1 atom stereocenters. The van der Waals surface area contributed by atoms with Crippen molar-refractivity contribution in [3.63, 3.8) is 0 Å². The number of hydrogen-bond donors (Lipinski definition) is 0. The van der Waals surface area contributed by atoms with Crippen LogP contribution in [0.25, 0.3) is 0 Å². The molecule has 22 heavy (non-hydrogen) atoms. The van der Waals surface area contributed by atoms with Gasteiger partial charge < -0.3 is 4.90 Å². The summed E-state index contributed by atoms with van der Waals surface area (Å²) in [6, 6.07) is 12.0. The standard InChI is InChI=1S/C19H27N3/c1-16-5-3-6-18(13-16)21-11-7-17(8-12-21)22-10-4-9-19(2,14-20)15-22/h3,5-6,13,17H,4,7-12,15H2,1-2H3. The molecule has 3 nitrogen and oxygen atoms in total. The van der Waals surface area contributed by atoms with Gasteiger partial charge >= 0.3 is 0 Å². The first-order valence-corrected chi connectivity index (χ1v) is 8.57. The summed E-state index contributed by atoms with van der Waals surface area (Å²) >= 11 is 0. The first-order valence-electron chi connectivity index (χ1n) is 8.57. The Bertz CT molecular complexity index is 554. The zero-order valence-electron chi connectivity index (χ0n) is 13.9. The number of likely N-dealkylation sites (tertiary alicyclic amines) is 1. The minimum Gasteiger partial charge on any atom is -0.371 e. The van der Waals surface area contributed by atoms with Gasteiger partial charge in [-0.15, -0.1) is 0 Å². The van der Waals surface area contributed by atoms with Crippen LogP contribution in [-0.2, 0) is 0 Å². The van der Waals surface area contributed by atoms with Gasteiger partial charge in [-0.05, 0) is 63.8 Å². The van der Waals surface area contributed by atoms with Gasteiger partial charge in [-0.3, -0.25) is 4.90 Å². The molecule has 0 bridgehead atoms. The fraction of sp³-hybridized carbons (Fsp3) is 0.632. The summed E-state index contributed by atoms with van der Waals surface area (Å²) in [5, 5.41) is 9.40. The third kappa shape index (κ3) is 3.28. The van der Waals surface area contributed by atoms with Crippen LogP contribution in [0.15, 0.2) is 24.3 Å². The molecule has 3 rings (SSSR count). The van der Waals surface area contributed by atoms with Gasteiger partial charge in [0.2, 0.25) is 0 Å². The van der Waals surface area contributed by atoms with Gasteiger partial charge in [0.15, 0.2) is 0 Å². The molecule has 0 amide bonds. The van der Waals surface area contributed by atoms with E-state index in [0.29, 0.717) is 6.04 Å². The summed E-state index contributed by atoms with van der Waals surface area (Å²) in [4.78, 5) is 5.09. The van der Waals surface area contributed by atoms with Crippen molar-refractivity contribution in [3.05, 3.63) is 29.8 Å². The van der Waals surface area contributed by atoms with E-state index >= 15 is 0 Å². The molecular weight excluding hydrogens is 270 g/mol. The largest absolute Gasteiger partial charge is 0.371 e. The fourth-order valence-electron chi connectivity index (χ4n) is 4.00. The summed E-state index contributed by atoms with van der Waals surface area (Å²) in [7, 11) is 0. The molecule has 1 unspecified atom stereocenters. The Morgan fingerprint density at radius 3 is 2.68 bits per heavy atom. The van der Waals surface area contributed by atoms with Crippen LogP contribution < -0.4 is 4.90 Å². The van der Waals surface area contributed by atoms with Crippen molar-refractivity contribution in [3.8, 4) is 6.07 Å². The Kier molecular flexibility index (Phi) is 4.40. The van der Waals surface area contributed by atoms with E-state index in [-0.39, 0.29) is 5.41 Å². The van der Waals surface area contributed by atoms with Crippen LogP contribution in [-0.4, -0.2) is 37.1 Å². The van der Waals surface area contributed by atoms with Gasteiger partial charge in [0.25, 0.3) is 0 Å². The maximum Gasteiger partial charge on any atom is 0.0700 e. The zero-order valence-corrected chi connectivity index (χ0v) is 13.9. The first kappa shape index (κ1) is 15.4. The van der Waals surface area contributed by atoms with E-state index in [1.165, 1.54) is 37.1 Å². The second kappa shape index (κ2) is 6.30. The van der Waals surface area contributed by atoms with Crippen LogP contribution in [0.4, 0.5) is 5.69 Å². The lowest BCUT2D eigenvalue weighted by atomic mass is 9.82. The topological polar surface area (TPSA) is 30.3 Å². The minimum absolute atomic E-state index is 0.133. The molecule has 0 spiro atoms. The van der Waals surface area contributed by atoms with Gasteiger partial charge in [0, 0.05) is 31.4 Å². The highest BCUT2D eigenvalue weighted by molar-refractivity contribution is 5.48. The Labute approximate surface area is 134 Å². The predicted octanol–water partition coefficient (Wildman–Crippen LogP) is 3.59. The van der Waals surface area contributed by atoms with Crippen molar-refractivity contribution in [2.75, 3.05) is 31.1 Å². The van der Waals surface area contributed by atoms with Crippen LogP contribution in [0.1, 0.15) is 38.2 Å². The third-order valence-corrected chi connectivity index (χ3v) is 5.34. The molecule has 3 heteroatoms. The molecule has 1 aromatic carbocycles. The highest BCUT2D eigenvalue weighted by Crippen LogP contribution is 2.32. The summed E-state index contributed by atoms with van der Waals surface area (Å²) < 4.78 is 0. The van der Waals surface area contributed by atoms with E-state index < -0.39 is 0 Å². The summed E-state index contributed by atoms with van der Waals surface area (Å²) in [5.41, 5.74) is 2.56. The van der Waals surface area contributed by atoms with E-state index in [1.807, 2.05) is 0 Å². The average molecular weight is 297 g/mol. The summed E-state index contributed by atoms with van der Waals surface area (Å²) in [6.07, 6.45) is 4.66. The number of aryl methyl sites for hydroxylation is 1. The summed E-state index contributed by atoms with van der Waals surface area (Å²) in [5.74, 6) is 0. The Morgan fingerprint density at radius 1 is 1.23 bits per heavy atom. The molecule has 2 aliphatic rings. The molecule has 0 radical (unpaired) electrons. The van der Waals surface area contributed by atoms with Gasteiger partial charge in [-0.25, -0.2) is 0 Å². The second-order valence-corrected chi connectivity index (χ2v) is 7.30. The van der Waals surface area contributed by atoms with E-state index in [4.69, 9.17) is 0 Å². The van der Waals surface area contributed by atoms with Crippen molar-refractivity contribution >= 4 is 5.69 Å². The molecule has 1 aromatic rings. The fourth-order valence-corrected chi connectivity index (χ4v) is 4.00. The second-order valence-electron chi connectivity index (χ2n) is 7.30. The first-order chi connectivity index (χ1) is 10.6. The van der Waals surface area contributed by atoms with Gasteiger partial charge in [0.05, 0.1) is 11.5 Å². The molecule has 2 heterocycles. The number of anilines is 1. The van der Waals surface area contributed by atoms with Crippen LogP contribution in [0.2, 0.25) is 0 Å². The van der Waals surface area contributed by atoms with Gasteiger partial charge in [-0.2, -0.15) is 5.26 Å². The van der Waals surface area contributed by atoms with E-state index in [0.717, 1.165) is 26.1 Å². The molecule has 0 saturated carbocycles. The molecule has 2 saturated heterocycles. The number of rotatable bonds is 2. The van der Waals surface area contributed by atoms with Crippen molar-refractivity contribution in [1.82, 2.24) is 4.90 Å². The van der Waals surface area contributed by atoms with Crippen LogP contribution in [0.3, 0.4) is 0 Å². The van der Waals surface area contributed by atoms with Gasteiger partial charge in [0.1, 0.15) is 0 Å². The predicted molar refractivity (Wildman–Crippen MR) is 90.9 cm³/mol. The summed E-state index contributed by atoms with van der Waals surface area (Å²) in [6.45, 7) is 8.68. The van der Waals surface area contributed by atoms with E-state index in [9.17, 15) is 5.26 Å². The van der Waals surface area contributed by atoms with Crippen molar-refractivity contribution < 1.29 is 0 Å². The average Bonchev–Trinajstić information content (AvgIpc) is 2.55. The smallest absolute Gasteiger partial charge is 0.0700 e. The molecule has 0 N–H and O–H groups in total. The van der Waals surface area contributed by atoms with E-state index in [1.54, 1.807) is 0 Å². The van der Waals surface area contributed by atoms with Crippen LogP contribution >= 0.6 is 0 Å². The highest BCUT2D eigenvalue weighted by atomic mass is 15.2. The lowest BCUT2D eigenvalue weighted by Gasteiger charge is -2.44. The lowest BCUT2D eigenvalue weighted by Crippen LogP contribution is -2.50. The van der Waals surface area contributed by atoms with Crippen molar-refractivity contribution in [2.45, 2.75) is 45.6 Å². The van der Waals surface area contributed by atoms with Crippen molar-refractivity contribution in [2.24, 2.45) is 5.41 Å². The number of hydrogen-bond acceptors (Lipinski definition) is 3. The number of nitrogens with zero attached hydrogens (tertiary/aromatic N) is 3. The number of benzene rings is 1. The maximum atomic E-state index is 9.40. The maximum absolute atomic E-state index is 9.40. The van der Waals surface area contributed by atoms with E-state index in [2.05, 4.69) is 54.0 Å². The minimum atomic E-state index is -0.133.